The molecule has 1 aliphatic rings. The first-order valence-corrected chi connectivity index (χ1v) is 6.99. The molecule has 1 aromatic carbocycles. The van der Waals surface area contributed by atoms with E-state index in [2.05, 4.69) is 10.6 Å². The standard InChI is InChI=1S/C15H17F3N2O2/c1-3-10-8-13(20-14(21)22-4-2)11-7-9(15(16,17)18)5-6-12(11)19-10/h5-8,10,19H,3-4H2,1-2H3,(H,20,21)/t10-/m0/s1. The fourth-order valence-electron chi connectivity index (χ4n) is 2.21. The van der Waals surface area contributed by atoms with Crippen LogP contribution in [0.5, 0.6) is 0 Å². The van der Waals surface area contributed by atoms with Gasteiger partial charge in [-0.1, -0.05) is 6.92 Å². The summed E-state index contributed by atoms with van der Waals surface area (Å²) in [5, 5.41) is 5.64. The fourth-order valence-corrected chi connectivity index (χ4v) is 2.21. The third-order valence-corrected chi connectivity index (χ3v) is 3.30. The molecule has 1 heterocycles. The van der Waals surface area contributed by atoms with Crippen molar-refractivity contribution in [3.63, 3.8) is 0 Å². The van der Waals surface area contributed by atoms with Crippen molar-refractivity contribution in [2.75, 3.05) is 11.9 Å². The molecule has 0 unspecified atom stereocenters. The summed E-state index contributed by atoms with van der Waals surface area (Å²) in [7, 11) is 0. The first-order chi connectivity index (χ1) is 10.3. The van der Waals surface area contributed by atoms with Crippen LogP contribution in [0.15, 0.2) is 24.3 Å². The molecule has 7 heteroatoms. The van der Waals surface area contributed by atoms with Gasteiger partial charge in [-0.25, -0.2) is 4.79 Å². The van der Waals surface area contributed by atoms with E-state index in [0.717, 1.165) is 18.6 Å². The van der Waals surface area contributed by atoms with E-state index in [1.165, 1.54) is 6.07 Å². The Balaban J connectivity index is 2.39. The Morgan fingerprint density at radius 1 is 1.36 bits per heavy atom. The Morgan fingerprint density at radius 3 is 2.68 bits per heavy atom. The van der Waals surface area contributed by atoms with Crippen molar-refractivity contribution in [1.82, 2.24) is 5.32 Å². The van der Waals surface area contributed by atoms with Gasteiger partial charge in [0.15, 0.2) is 0 Å². The Labute approximate surface area is 126 Å². The van der Waals surface area contributed by atoms with E-state index in [4.69, 9.17) is 4.74 Å². The molecule has 1 aliphatic heterocycles. The topological polar surface area (TPSA) is 50.4 Å². The number of fused-ring (bicyclic) bond motifs is 1. The minimum atomic E-state index is -4.44. The van der Waals surface area contributed by atoms with Crippen LogP contribution in [0.3, 0.4) is 0 Å². The number of benzene rings is 1. The molecule has 1 amide bonds. The van der Waals surface area contributed by atoms with Gasteiger partial charge in [-0.3, -0.25) is 5.32 Å². The van der Waals surface area contributed by atoms with Gasteiger partial charge < -0.3 is 10.1 Å². The quantitative estimate of drug-likeness (QED) is 0.886. The number of ether oxygens (including phenoxy) is 1. The Hall–Kier alpha value is -2.18. The van der Waals surface area contributed by atoms with Gasteiger partial charge in [0.1, 0.15) is 0 Å². The predicted octanol–water partition coefficient (Wildman–Crippen LogP) is 4.00. The van der Waals surface area contributed by atoms with E-state index in [0.29, 0.717) is 16.9 Å². The smallest absolute Gasteiger partial charge is 0.416 e. The highest BCUT2D eigenvalue weighted by molar-refractivity contribution is 5.88. The van der Waals surface area contributed by atoms with Crippen molar-refractivity contribution in [1.29, 1.82) is 0 Å². The van der Waals surface area contributed by atoms with E-state index in [-0.39, 0.29) is 12.6 Å². The number of nitrogens with one attached hydrogen (secondary N) is 2. The molecule has 4 nitrogen and oxygen atoms in total. The number of halogens is 3. The molecule has 2 N–H and O–H groups in total. The molecule has 22 heavy (non-hydrogen) atoms. The average Bonchev–Trinajstić information content (AvgIpc) is 2.45. The van der Waals surface area contributed by atoms with Gasteiger partial charge in [0, 0.05) is 17.3 Å². The lowest BCUT2D eigenvalue weighted by atomic mass is 9.98. The number of carbonyl (C=O) groups excluding carboxylic acids is 1. The minimum absolute atomic E-state index is 0.0684. The second kappa shape index (κ2) is 6.29. The van der Waals surface area contributed by atoms with E-state index in [9.17, 15) is 18.0 Å². The van der Waals surface area contributed by atoms with Gasteiger partial charge in [-0.05, 0) is 37.6 Å². The summed E-state index contributed by atoms with van der Waals surface area (Å²) >= 11 is 0. The van der Waals surface area contributed by atoms with Crippen molar-refractivity contribution < 1.29 is 22.7 Å². The third kappa shape index (κ3) is 3.52. The average molecular weight is 314 g/mol. The van der Waals surface area contributed by atoms with Gasteiger partial charge in [0.05, 0.1) is 17.9 Å². The monoisotopic (exact) mass is 314 g/mol. The molecule has 0 saturated carbocycles. The zero-order chi connectivity index (χ0) is 16.3. The molecule has 0 aromatic heterocycles. The predicted molar refractivity (Wildman–Crippen MR) is 77.3 cm³/mol. The molecular weight excluding hydrogens is 297 g/mol. The van der Waals surface area contributed by atoms with Gasteiger partial charge in [0.2, 0.25) is 0 Å². The van der Waals surface area contributed by atoms with Crippen molar-refractivity contribution in [3.05, 3.63) is 35.4 Å². The number of carbonyl (C=O) groups is 1. The van der Waals surface area contributed by atoms with E-state index < -0.39 is 17.8 Å². The molecule has 120 valence electrons. The molecule has 0 bridgehead atoms. The SMILES string of the molecule is CCOC(=O)NC1=C[C@H](CC)Nc2ccc(C(F)(F)F)cc21. The summed E-state index contributed by atoms with van der Waals surface area (Å²) in [4.78, 5) is 11.6. The molecule has 1 atom stereocenters. The number of alkyl carbamates (subject to hydrolysis) is 1. The fraction of sp³-hybridized carbons (Fsp3) is 0.400. The Kier molecular flexibility index (Phi) is 4.63. The zero-order valence-corrected chi connectivity index (χ0v) is 12.3. The Morgan fingerprint density at radius 2 is 2.09 bits per heavy atom. The normalized spacial score (nSPS) is 17.1. The first kappa shape index (κ1) is 16.2. The summed E-state index contributed by atoms with van der Waals surface area (Å²) in [5.74, 6) is 0. The largest absolute Gasteiger partial charge is 0.450 e. The van der Waals surface area contributed by atoms with Crippen LogP contribution in [-0.2, 0) is 10.9 Å². The lowest BCUT2D eigenvalue weighted by Crippen LogP contribution is -2.29. The van der Waals surface area contributed by atoms with E-state index in [1.54, 1.807) is 13.0 Å². The molecular formula is C15H17F3N2O2. The van der Waals surface area contributed by atoms with Crippen molar-refractivity contribution >= 4 is 17.5 Å². The highest BCUT2D eigenvalue weighted by atomic mass is 19.4. The van der Waals surface area contributed by atoms with Gasteiger partial charge in [-0.2, -0.15) is 13.2 Å². The Bertz CT molecular complexity index is 597. The number of hydrogen-bond donors (Lipinski definition) is 2. The second-order valence-electron chi connectivity index (χ2n) is 4.84. The molecule has 0 aliphatic carbocycles. The van der Waals surface area contributed by atoms with E-state index in [1.807, 2.05) is 6.92 Å². The molecule has 0 spiro atoms. The summed E-state index contributed by atoms with van der Waals surface area (Å²) < 4.78 is 43.4. The maximum Gasteiger partial charge on any atom is 0.416 e. The summed E-state index contributed by atoms with van der Waals surface area (Å²) in [6.07, 6.45) is -2.70. The number of hydrogen-bond acceptors (Lipinski definition) is 3. The lowest BCUT2D eigenvalue weighted by molar-refractivity contribution is -0.137. The molecule has 0 fully saturated rings. The van der Waals surface area contributed by atoms with E-state index >= 15 is 0 Å². The van der Waals surface area contributed by atoms with Crippen molar-refractivity contribution in [3.8, 4) is 0 Å². The van der Waals surface area contributed by atoms with Crippen LogP contribution in [0.1, 0.15) is 31.4 Å². The zero-order valence-electron chi connectivity index (χ0n) is 12.3. The maximum absolute atomic E-state index is 12.9. The molecule has 1 aromatic rings. The van der Waals surface area contributed by atoms with Crippen LogP contribution in [0.4, 0.5) is 23.7 Å². The summed E-state index contributed by atoms with van der Waals surface area (Å²) in [6, 6.07) is 3.35. The maximum atomic E-state index is 12.9. The van der Waals surface area contributed by atoms with Crippen LogP contribution in [0, 0.1) is 0 Å². The minimum Gasteiger partial charge on any atom is -0.450 e. The second-order valence-corrected chi connectivity index (χ2v) is 4.84. The highest BCUT2D eigenvalue weighted by Gasteiger charge is 2.32. The van der Waals surface area contributed by atoms with Gasteiger partial charge >= 0.3 is 12.3 Å². The highest BCUT2D eigenvalue weighted by Crippen LogP contribution is 2.36. The molecule has 0 radical (unpaired) electrons. The third-order valence-electron chi connectivity index (χ3n) is 3.30. The molecule has 2 rings (SSSR count). The molecule has 0 saturated heterocycles. The van der Waals surface area contributed by atoms with Gasteiger partial charge in [-0.15, -0.1) is 0 Å². The summed E-state index contributed by atoms with van der Waals surface area (Å²) in [6.45, 7) is 3.77. The van der Waals surface area contributed by atoms with Crippen LogP contribution in [0.25, 0.3) is 5.70 Å². The van der Waals surface area contributed by atoms with Crippen molar-refractivity contribution in [2.45, 2.75) is 32.5 Å². The van der Waals surface area contributed by atoms with Gasteiger partial charge in [0.25, 0.3) is 0 Å². The number of rotatable bonds is 3. The lowest BCUT2D eigenvalue weighted by Gasteiger charge is -2.26. The number of alkyl halides is 3. The number of amides is 1. The van der Waals surface area contributed by atoms with Crippen molar-refractivity contribution in [2.24, 2.45) is 0 Å². The summed E-state index contributed by atoms with van der Waals surface area (Å²) in [5.41, 5.74) is 0.409. The first-order valence-electron chi connectivity index (χ1n) is 6.99. The van der Waals surface area contributed by atoms with Crippen LogP contribution >= 0.6 is 0 Å². The van der Waals surface area contributed by atoms with Crippen LogP contribution in [0.2, 0.25) is 0 Å². The van der Waals surface area contributed by atoms with Crippen LogP contribution in [-0.4, -0.2) is 18.7 Å². The van der Waals surface area contributed by atoms with Crippen LogP contribution < -0.4 is 10.6 Å². The number of anilines is 1.